The summed E-state index contributed by atoms with van der Waals surface area (Å²) in [5.74, 6) is -0.560. The third-order valence-electron chi connectivity index (χ3n) is 2.47. The van der Waals surface area contributed by atoms with Gasteiger partial charge in [0.05, 0.1) is 12.7 Å². The van der Waals surface area contributed by atoms with Crippen LogP contribution in [0.3, 0.4) is 0 Å². The van der Waals surface area contributed by atoms with Gasteiger partial charge in [-0.2, -0.15) is 0 Å². The molecule has 0 fully saturated rings. The molecule has 0 spiro atoms. The highest BCUT2D eigenvalue weighted by Crippen LogP contribution is 2.12. The summed E-state index contributed by atoms with van der Waals surface area (Å²) in [5, 5.41) is 0. The van der Waals surface area contributed by atoms with Crippen molar-refractivity contribution in [3.05, 3.63) is 57.1 Å². The van der Waals surface area contributed by atoms with Gasteiger partial charge in [0.1, 0.15) is 12.4 Å². The van der Waals surface area contributed by atoms with Crippen molar-refractivity contribution < 1.29 is 23.5 Å². The predicted molar refractivity (Wildman–Crippen MR) is 78.3 cm³/mol. The minimum absolute atomic E-state index is 0.0399. The highest BCUT2D eigenvalue weighted by Gasteiger charge is 2.13. The molecule has 0 N–H and O–H groups in total. The van der Waals surface area contributed by atoms with Crippen molar-refractivity contribution in [1.82, 2.24) is 0 Å². The second kappa shape index (κ2) is 6.56. The first-order valence-corrected chi connectivity index (χ1v) is 6.78. The number of esters is 2. The van der Waals surface area contributed by atoms with Gasteiger partial charge in [0.2, 0.25) is 5.76 Å². The largest absolute Gasteiger partial charge is 0.463 e. The SMILES string of the molecule is COC(=O)c1ccc(COC(=O)c2ccc(I)cc2)o1. The first kappa shape index (κ1) is 14.6. The fourth-order valence-corrected chi connectivity index (χ4v) is 1.83. The van der Waals surface area contributed by atoms with Crippen molar-refractivity contribution in [3.8, 4) is 0 Å². The van der Waals surface area contributed by atoms with Gasteiger partial charge in [0.25, 0.3) is 0 Å². The summed E-state index contributed by atoms with van der Waals surface area (Å²) in [4.78, 5) is 23.0. The van der Waals surface area contributed by atoms with Crippen LogP contribution in [0.25, 0.3) is 0 Å². The zero-order valence-electron chi connectivity index (χ0n) is 10.6. The first-order valence-electron chi connectivity index (χ1n) is 5.70. The normalized spacial score (nSPS) is 10.1. The summed E-state index contributed by atoms with van der Waals surface area (Å²) < 4.78 is 15.8. The van der Waals surface area contributed by atoms with Crippen LogP contribution in [0.5, 0.6) is 0 Å². The molecule has 0 unspecified atom stereocenters. The van der Waals surface area contributed by atoms with Crippen LogP contribution in [-0.2, 0) is 16.1 Å². The number of ether oxygens (including phenoxy) is 2. The third kappa shape index (κ3) is 3.60. The molecule has 0 aliphatic rings. The Morgan fingerprint density at radius 2 is 1.80 bits per heavy atom. The zero-order chi connectivity index (χ0) is 14.5. The number of benzene rings is 1. The molecule has 0 radical (unpaired) electrons. The maximum atomic E-state index is 11.8. The van der Waals surface area contributed by atoms with Crippen LogP contribution in [0.15, 0.2) is 40.8 Å². The third-order valence-corrected chi connectivity index (χ3v) is 3.19. The lowest BCUT2D eigenvalue weighted by Crippen LogP contribution is -2.04. The number of halogens is 1. The van der Waals surface area contributed by atoms with Gasteiger partial charge in [0, 0.05) is 3.57 Å². The molecular formula is C14H11IO5. The lowest BCUT2D eigenvalue weighted by Gasteiger charge is -2.03. The van der Waals surface area contributed by atoms with Gasteiger partial charge in [-0.25, -0.2) is 9.59 Å². The van der Waals surface area contributed by atoms with Crippen LogP contribution >= 0.6 is 22.6 Å². The average molecular weight is 386 g/mol. The molecule has 1 heterocycles. The Balaban J connectivity index is 1.95. The molecule has 104 valence electrons. The monoisotopic (exact) mass is 386 g/mol. The molecule has 5 nitrogen and oxygen atoms in total. The molecule has 0 aliphatic carbocycles. The van der Waals surface area contributed by atoms with Gasteiger partial charge in [-0.1, -0.05) is 0 Å². The molecule has 1 aromatic carbocycles. The highest BCUT2D eigenvalue weighted by molar-refractivity contribution is 14.1. The second-order valence-corrected chi connectivity index (χ2v) is 5.09. The van der Waals surface area contributed by atoms with Crippen molar-refractivity contribution in [2.45, 2.75) is 6.61 Å². The molecule has 6 heteroatoms. The smallest absolute Gasteiger partial charge is 0.373 e. The molecule has 0 aliphatic heterocycles. The molecule has 0 amide bonds. The Morgan fingerprint density at radius 1 is 1.10 bits per heavy atom. The highest BCUT2D eigenvalue weighted by atomic mass is 127. The van der Waals surface area contributed by atoms with Crippen LogP contribution in [0.4, 0.5) is 0 Å². The van der Waals surface area contributed by atoms with E-state index in [1.54, 1.807) is 18.2 Å². The van der Waals surface area contributed by atoms with Gasteiger partial charge in [-0.3, -0.25) is 0 Å². The number of carbonyl (C=O) groups excluding carboxylic acids is 2. The molecular weight excluding hydrogens is 375 g/mol. The van der Waals surface area contributed by atoms with E-state index in [1.807, 2.05) is 12.1 Å². The summed E-state index contributed by atoms with van der Waals surface area (Å²) in [6, 6.07) is 10.0. The van der Waals surface area contributed by atoms with Gasteiger partial charge >= 0.3 is 11.9 Å². The van der Waals surface area contributed by atoms with Crippen LogP contribution in [-0.4, -0.2) is 19.0 Å². The van der Waals surface area contributed by atoms with Crippen LogP contribution in [0, 0.1) is 3.57 Å². The molecule has 0 bridgehead atoms. The first-order chi connectivity index (χ1) is 9.60. The minimum Gasteiger partial charge on any atom is -0.463 e. The van der Waals surface area contributed by atoms with E-state index < -0.39 is 11.9 Å². The lowest BCUT2D eigenvalue weighted by molar-refractivity contribution is 0.0438. The predicted octanol–water partition coefficient (Wildman–Crippen LogP) is 3.03. The van der Waals surface area contributed by atoms with E-state index in [1.165, 1.54) is 13.2 Å². The molecule has 0 saturated heterocycles. The van der Waals surface area contributed by atoms with Gasteiger partial charge in [0.15, 0.2) is 0 Å². The van der Waals surface area contributed by atoms with Crippen molar-refractivity contribution in [2.75, 3.05) is 7.11 Å². The van der Waals surface area contributed by atoms with Crippen LogP contribution < -0.4 is 0 Å². The summed E-state index contributed by atoms with van der Waals surface area (Å²) in [5.41, 5.74) is 0.463. The van der Waals surface area contributed by atoms with E-state index in [0.717, 1.165) is 3.57 Å². The quantitative estimate of drug-likeness (QED) is 0.597. The van der Waals surface area contributed by atoms with Gasteiger partial charge < -0.3 is 13.9 Å². The summed E-state index contributed by atoms with van der Waals surface area (Å²) in [6.45, 7) is -0.0399. The second-order valence-electron chi connectivity index (χ2n) is 3.84. The number of hydrogen-bond donors (Lipinski definition) is 0. The molecule has 20 heavy (non-hydrogen) atoms. The minimum atomic E-state index is -0.569. The van der Waals surface area contributed by atoms with Crippen molar-refractivity contribution in [1.29, 1.82) is 0 Å². The molecule has 0 atom stereocenters. The lowest BCUT2D eigenvalue weighted by atomic mass is 10.2. The summed E-state index contributed by atoms with van der Waals surface area (Å²) in [7, 11) is 1.27. The Kier molecular flexibility index (Phi) is 4.78. The maximum absolute atomic E-state index is 11.8. The van der Waals surface area contributed by atoms with E-state index in [0.29, 0.717) is 11.3 Å². The topological polar surface area (TPSA) is 65.7 Å². The number of carbonyl (C=O) groups is 2. The van der Waals surface area contributed by atoms with Crippen molar-refractivity contribution in [2.24, 2.45) is 0 Å². The van der Waals surface area contributed by atoms with E-state index in [2.05, 4.69) is 27.3 Å². The van der Waals surface area contributed by atoms with Crippen LogP contribution in [0.2, 0.25) is 0 Å². The van der Waals surface area contributed by atoms with Crippen molar-refractivity contribution in [3.63, 3.8) is 0 Å². The Labute approximate surface area is 129 Å². The molecule has 1 aromatic heterocycles. The average Bonchev–Trinajstić information content (AvgIpc) is 2.93. The van der Waals surface area contributed by atoms with E-state index >= 15 is 0 Å². The fourth-order valence-electron chi connectivity index (χ4n) is 1.47. The van der Waals surface area contributed by atoms with Gasteiger partial charge in [-0.15, -0.1) is 0 Å². The maximum Gasteiger partial charge on any atom is 0.373 e. The standard InChI is InChI=1S/C14H11IO5/c1-18-14(17)12-7-6-11(20-12)8-19-13(16)9-2-4-10(15)5-3-9/h2-7H,8H2,1H3. The fraction of sp³-hybridized carbons (Fsp3) is 0.143. The van der Waals surface area contributed by atoms with Gasteiger partial charge in [-0.05, 0) is 59.0 Å². The molecule has 2 aromatic rings. The molecule has 2 rings (SSSR count). The Hall–Kier alpha value is -1.83. The zero-order valence-corrected chi connectivity index (χ0v) is 12.7. The number of rotatable bonds is 4. The van der Waals surface area contributed by atoms with Crippen molar-refractivity contribution >= 4 is 34.5 Å². The Morgan fingerprint density at radius 3 is 2.45 bits per heavy atom. The van der Waals surface area contributed by atoms with E-state index in [9.17, 15) is 9.59 Å². The number of methoxy groups -OCH3 is 1. The summed E-state index contributed by atoms with van der Waals surface area (Å²) in [6.07, 6.45) is 0. The molecule has 0 saturated carbocycles. The number of furan rings is 1. The van der Waals surface area contributed by atoms with E-state index in [-0.39, 0.29) is 12.4 Å². The van der Waals surface area contributed by atoms with E-state index in [4.69, 9.17) is 9.15 Å². The van der Waals surface area contributed by atoms with Crippen LogP contribution in [0.1, 0.15) is 26.7 Å². The summed E-state index contributed by atoms with van der Waals surface area (Å²) >= 11 is 2.15. The Bertz CT molecular complexity index is 615. The number of hydrogen-bond acceptors (Lipinski definition) is 5.